The van der Waals surface area contributed by atoms with Crippen LogP contribution in [0.1, 0.15) is 6.92 Å². The maximum atomic E-state index is 9.00. The molecule has 0 aliphatic rings. The van der Waals surface area contributed by atoms with Gasteiger partial charge in [0.25, 0.3) is 5.97 Å². The molecular weight excluding hydrogens is 164 g/mol. The summed E-state index contributed by atoms with van der Waals surface area (Å²) in [6, 6.07) is 0. The third-order valence-corrected chi connectivity index (χ3v) is 0.721. The monoisotopic (exact) mass is 174 g/mol. The minimum absolute atomic E-state index is 0.0744. The fourth-order valence-electron chi connectivity index (χ4n) is 0.385. The molecule has 0 aliphatic carbocycles. The average Bonchev–Trinajstić information content (AvgIpc) is 2.39. The van der Waals surface area contributed by atoms with Crippen LogP contribution in [0.25, 0.3) is 0 Å². The van der Waals surface area contributed by atoms with E-state index in [0.717, 1.165) is 6.92 Å². The third kappa shape index (κ3) is 6.62. The van der Waals surface area contributed by atoms with E-state index >= 15 is 0 Å². The van der Waals surface area contributed by atoms with Gasteiger partial charge in [0.2, 0.25) is 0 Å². The van der Waals surface area contributed by atoms with Crippen LogP contribution in [0, 0.1) is 0 Å². The van der Waals surface area contributed by atoms with E-state index in [1.165, 1.54) is 11.0 Å². The van der Waals surface area contributed by atoms with Crippen LogP contribution in [0.2, 0.25) is 0 Å². The number of nitrogens with zero attached hydrogens (tertiary/aromatic N) is 4. The van der Waals surface area contributed by atoms with Gasteiger partial charge < -0.3 is 10.2 Å². The van der Waals surface area contributed by atoms with Crippen LogP contribution in [0.5, 0.6) is 0 Å². The predicted octanol–water partition coefficient (Wildman–Crippen LogP) is -1.24. The van der Waals surface area contributed by atoms with Gasteiger partial charge in [-0.25, -0.2) is 4.68 Å². The molecule has 7 heteroatoms. The lowest BCUT2D eigenvalue weighted by Gasteiger charge is -1.88. The summed E-state index contributed by atoms with van der Waals surface area (Å²) in [5.41, 5.74) is 0. The Morgan fingerprint density at radius 1 is 1.67 bits per heavy atom. The molecule has 0 radical (unpaired) electrons. The molecule has 0 aliphatic heterocycles. The van der Waals surface area contributed by atoms with Gasteiger partial charge in [0.05, 0.1) is 13.2 Å². The molecule has 12 heavy (non-hydrogen) atoms. The number of carboxylic acid groups (broad SMARTS) is 1. The Morgan fingerprint density at radius 3 is 2.58 bits per heavy atom. The van der Waals surface area contributed by atoms with Crippen molar-refractivity contribution in [3.63, 3.8) is 0 Å². The van der Waals surface area contributed by atoms with E-state index in [9.17, 15) is 0 Å². The molecule has 1 aromatic heterocycles. The Morgan fingerprint density at radius 2 is 2.25 bits per heavy atom. The Balaban J connectivity index is 0.000000261. The molecule has 0 fully saturated rings. The van der Waals surface area contributed by atoms with E-state index in [-0.39, 0.29) is 6.61 Å². The molecule has 1 aromatic rings. The highest BCUT2D eigenvalue weighted by atomic mass is 16.4. The molecule has 0 atom stereocenters. The van der Waals surface area contributed by atoms with Crippen LogP contribution >= 0.6 is 0 Å². The second-order valence-corrected chi connectivity index (χ2v) is 1.82. The number of rotatable bonds is 2. The quantitative estimate of drug-likeness (QED) is 0.581. The summed E-state index contributed by atoms with van der Waals surface area (Å²) in [4.78, 5) is 9.00. The van der Waals surface area contributed by atoms with Gasteiger partial charge in [-0.1, -0.05) is 0 Å². The normalized spacial score (nSPS) is 8.50. The Bertz CT molecular complexity index is 206. The van der Waals surface area contributed by atoms with Crippen molar-refractivity contribution in [3.05, 3.63) is 6.33 Å². The van der Waals surface area contributed by atoms with Gasteiger partial charge >= 0.3 is 0 Å². The number of tetrazole rings is 1. The standard InChI is InChI=1S/C3H6N4O.C2H4O2/c8-2-1-7-3-4-5-6-7;1-2(3)4/h3,8H,1-2H2;1H3,(H,3,4). The Kier molecular flexibility index (Phi) is 5.45. The van der Waals surface area contributed by atoms with Crippen LogP contribution in [-0.2, 0) is 11.3 Å². The lowest BCUT2D eigenvalue weighted by atomic mass is 10.7. The first-order valence-electron chi connectivity index (χ1n) is 3.18. The number of aliphatic carboxylic acids is 1. The van der Waals surface area contributed by atoms with Crippen molar-refractivity contribution >= 4 is 5.97 Å². The van der Waals surface area contributed by atoms with Gasteiger partial charge in [-0.15, -0.1) is 5.10 Å². The summed E-state index contributed by atoms with van der Waals surface area (Å²) in [6.07, 6.45) is 1.45. The Labute approximate surface area is 68.6 Å². The zero-order valence-corrected chi connectivity index (χ0v) is 6.58. The van der Waals surface area contributed by atoms with Crippen LogP contribution in [-0.4, -0.2) is 43.0 Å². The van der Waals surface area contributed by atoms with Crippen LogP contribution in [0.4, 0.5) is 0 Å². The molecule has 0 saturated heterocycles. The number of aromatic nitrogens is 4. The van der Waals surface area contributed by atoms with Gasteiger partial charge in [-0.3, -0.25) is 4.79 Å². The van der Waals surface area contributed by atoms with Gasteiger partial charge in [-0.05, 0) is 10.4 Å². The summed E-state index contributed by atoms with van der Waals surface area (Å²) in [7, 11) is 0. The molecule has 2 N–H and O–H groups in total. The first-order chi connectivity index (χ1) is 5.66. The number of aliphatic hydroxyl groups is 1. The molecule has 68 valence electrons. The van der Waals surface area contributed by atoms with Crippen molar-refractivity contribution in [3.8, 4) is 0 Å². The first-order valence-corrected chi connectivity index (χ1v) is 3.18. The molecule has 0 bridgehead atoms. The van der Waals surface area contributed by atoms with E-state index in [4.69, 9.17) is 15.0 Å². The number of hydrogen-bond acceptors (Lipinski definition) is 5. The van der Waals surface area contributed by atoms with Gasteiger partial charge in [0.1, 0.15) is 6.33 Å². The number of carbonyl (C=O) groups is 1. The summed E-state index contributed by atoms with van der Waals surface area (Å²) in [5.74, 6) is -0.833. The van der Waals surface area contributed by atoms with Crippen LogP contribution in [0.15, 0.2) is 6.33 Å². The van der Waals surface area contributed by atoms with E-state index in [2.05, 4.69) is 15.5 Å². The smallest absolute Gasteiger partial charge is 0.300 e. The van der Waals surface area contributed by atoms with Crippen LogP contribution in [0.3, 0.4) is 0 Å². The zero-order valence-electron chi connectivity index (χ0n) is 6.58. The van der Waals surface area contributed by atoms with Crippen molar-refractivity contribution in [2.75, 3.05) is 6.61 Å². The molecule has 0 amide bonds. The van der Waals surface area contributed by atoms with Crippen molar-refractivity contribution < 1.29 is 15.0 Å². The van der Waals surface area contributed by atoms with Gasteiger partial charge in [0.15, 0.2) is 0 Å². The average molecular weight is 174 g/mol. The van der Waals surface area contributed by atoms with E-state index < -0.39 is 5.97 Å². The third-order valence-electron chi connectivity index (χ3n) is 0.721. The highest BCUT2D eigenvalue weighted by Gasteiger charge is 1.85. The minimum atomic E-state index is -0.833. The highest BCUT2D eigenvalue weighted by molar-refractivity contribution is 5.62. The molecule has 0 aromatic carbocycles. The lowest BCUT2D eigenvalue weighted by Crippen LogP contribution is -2.01. The van der Waals surface area contributed by atoms with E-state index in [1.807, 2.05) is 0 Å². The summed E-state index contributed by atoms with van der Waals surface area (Å²) >= 11 is 0. The molecular formula is C5H10N4O3. The number of carboxylic acids is 1. The summed E-state index contributed by atoms with van der Waals surface area (Å²) in [6.45, 7) is 1.62. The summed E-state index contributed by atoms with van der Waals surface area (Å²) in [5, 5.41) is 26.0. The van der Waals surface area contributed by atoms with Crippen LogP contribution < -0.4 is 0 Å². The predicted molar refractivity (Wildman–Crippen MR) is 38.2 cm³/mol. The fraction of sp³-hybridized carbons (Fsp3) is 0.600. The maximum absolute atomic E-state index is 9.00. The van der Waals surface area contributed by atoms with Crippen molar-refractivity contribution in [1.82, 2.24) is 20.2 Å². The van der Waals surface area contributed by atoms with E-state index in [1.54, 1.807) is 0 Å². The largest absolute Gasteiger partial charge is 0.481 e. The molecule has 1 heterocycles. The fourth-order valence-corrected chi connectivity index (χ4v) is 0.385. The van der Waals surface area contributed by atoms with Crippen molar-refractivity contribution in [1.29, 1.82) is 0 Å². The summed E-state index contributed by atoms with van der Waals surface area (Å²) < 4.78 is 1.46. The van der Waals surface area contributed by atoms with E-state index in [0.29, 0.717) is 6.54 Å². The minimum Gasteiger partial charge on any atom is -0.481 e. The number of aliphatic hydroxyl groups excluding tert-OH is 1. The van der Waals surface area contributed by atoms with Crippen molar-refractivity contribution in [2.45, 2.75) is 13.5 Å². The SMILES string of the molecule is CC(=O)O.OCCn1cnnn1. The Hall–Kier alpha value is -1.50. The molecule has 0 saturated carbocycles. The topological polar surface area (TPSA) is 101 Å². The van der Waals surface area contributed by atoms with Gasteiger partial charge in [0, 0.05) is 6.92 Å². The van der Waals surface area contributed by atoms with Crippen molar-refractivity contribution in [2.24, 2.45) is 0 Å². The molecule has 1 rings (SSSR count). The van der Waals surface area contributed by atoms with Gasteiger partial charge in [-0.2, -0.15) is 0 Å². The maximum Gasteiger partial charge on any atom is 0.300 e. The lowest BCUT2D eigenvalue weighted by molar-refractivity contribution is -0.134. The zero-order chi connectivity index (χ0) is 9.40. The number of hydrogen-bond donors (Lipinski definition) is 2. The second kappa shape index (κ2) is 6.23. The highest BCUT2D eigenvalue weighted by Crippen LogP contribution is 1.72. The molecule has 7 nitrogen and oxygen atoms in total. The molecule has 0 unspecified atom stereocenters. The first kappa shape index (κ1) is 10.5. The molecule has 0 spiro atoms. The second-order valence-electron chi connectivity index (χ2n) is 1.82.